The van der Waals surface area contributed by atoms with E-state index < -0.39 is 0 Å². The van der Waals surface area contributed by atoms with Crippen molar-refractivity contribution in [3.8, 4) is 0 Å². The van der Waals surface area contributed by atoms with Gasteiger partial charge in [0.25, 0.3) is 0 Å². The van der Waals surface area contributed by atoms with Gasteiger partial charge in [0.2, 0.25) is 0 Å². The number of carbonyl (C=O) groups is 1. The molecule has 2 rings (SSSR count). The summed E-state index contributed by atoms with van der Waals surface area (Å²) in [5, 5.41) is 3.35. The molecule has 0 unspecified atom stereocenters. The number of rotatable bonds is 6. The topological polar surface area (TPSA) is 64.3 Å². The highest BCUT2D eigenvalue weighted by molar-refractivity contribution is 5.85. The first kappa shape index (κ1) is 18.0. The molecule has 2 aromatic carbocycles. The third kappa shape index (κ3) is 5.39. The van der Waals surface area contributed by atoms with Crippen LogP contribution >= 0.6 is 12.4 Å². The van der Waals surface area contributed by atoms with Crippen LogP contribution in [-0.4, -0.2) is 13.1 Å². The van der Waals surface area contributed by atoms with Gasteiger partial charge in [0.1, 0.15) is 0 Å². The number of nitrogens with two attached hydrogens (primary N) is 1. The summed E-state index contributed by atoms with van der Waals surface area (Å²) >= 11 is 0. The largest absolute Gasteiger partial charge is 0.469 e. The van der Waals surface area contributed by atoms with Crippen molar-refractivity contribution in [1.82, 2.24) is 0 Å². The molecule has 2 aromatic rings. The number of carbonyl (C=O) groups excluding carboxylic acids is 1. The van der Waals surface area contributed by atoms with E-state index in [9.17, 15) is 4.79 Å². The smallest absolute Gasteiger partial charge is 0.307 e. The molecule has 0 aliphatic carbocycles. The van der Waals surface area contributed by atoms with Crippen LogP contribution < -0.4 is 11.1 Å². The first-order chi connectivity index (χ1) is 10.2. The van der Waals surface area contributed by atoms with Crippen molar-refractivity contribution in [2.24, 2.45) is 5.73 Å². The lowest BCUT2D eigenvalue weighted by molar-refractivity contribution is -0.141. The molecule has 0 saturated heterocycles. The average Bonchev–Trinajstić information content (AvgIpc) is 2.54. The average molecular weight is 321 g/mol. The van der Waals surface area contributed by atoms with Crippen molar-refractivity contribution in [3.63, 3.8) is 0 Å². The summed E-state index contributed by atoms with van der Waals surface area (Å²) in [6.45, 7) is 0.772. The van der Waals surface area contributed by atoms with Crippen molar-refractivity contribution < 1.29 is 9.53 Å². The number of benzene rings is 2. The van der Waals surface area contributed by atoms with E-state index in [1.54, 1.807) is 0 Å². The van der Waals surface area contributed by atoms with Gasteiger partial charge in [-0.15, -0.1) is 12.4 Å². The maximum absolute atomic E-state index is 11.2. The van der Waals surface area contributed by atoms with Crippen molar-refractivity contribution in [1.29, 1.82) is 0 Å². The second-order valence-electron chi connectivity index (χ2n) is 4.85. The number of anilines is 1. The Balaban J connectivity index is 0.00000242. The lowest BCUT2D eigenvalue weighted by Gasteiger charge is -2.12. The van der Waals surface area contributed by atoms with Gasteiger partial charge in [0, 0.05) is 18.3 Å². The van der Waals surface area contributed by atoms with E-state index >= 15 is 0 Å². The molecule has 4 nitrogen and oxygen atoms in total. The minimum absolute atomic E-state index is 0. The van der Waals surface area contributed by atoms with Gasteiger partial charge in [-0.3, -0.25) is 4.79 Å². The van der Waals surface area contributed by atoms with Gasteiger partial charge < -0.3 is 15.8 Å². The fraction of sp³-hybridized carbons (Fsp3) is 0.235. The van der Waals surface area contributed by atoms with E-state index in [4.69, 9.17) is 5.73 Å². The van der Waals surface area contributed by atoms with Crippen molar-refractivity contribution >= 4 is 24.1 Å². The first-order valence-corrected chi connectivity index (χ1v) is 6.89. The quantitative estimate of drug-likeness (QED) is 0.802. The lowest BCUT2D eigenvalue weighted by Crippen LogP contribution is -2.16. The normalized spacial score (nSPS) is 11.2. The molecule has 0 aromatic heterocycles. The summed E-state index contributed by atoms with van der Waals surface area (Å²) in [6, 6.07) is 17.7. The molecular formula is C17H21ClN2O2. The number of methoxy groups -OCH3 is 1. The molecule has 0 aliphatic heterocycles. The molecule has 0 radical (unpaired) electrons. The molecule has 0 spiro atoms. The van der Waals surface area contributed by atoms with Crippen LogP contribution in [0.25, 0.3) is 0 Å². The zero-order valence-electron chi connectivity index (χ0n) is 12.5. The Morgan fingerprint density at radius 1 is 1.14 bits per heavy atom. The molecule has 0 saturated carbocycles. The molecule has 1 atom stereocenters. The Labute approximate surface area is 137 Å². The monoisotopic (exact) mass is 320 g/mol. The fourth-order valence-corrected chi connectivity index (χ4v) is 2.03. The van der Waals surface area contributed by atoms with Crippen molar-refractivity contribution in [2.45, 2.75) is 19.0 Å². The number of hydrogen-bond acceptors (Lipinski definition) is 4. The van der Waals surface area contributed by atoms with Crippen LogP contribution in [0.2, 0.25) is 0 Å². The molecule has 5 heteroatoms. The molecule has 0 heterocycles. The molecule has 0 aliphatic rings. The van der Waals surface area contributed by atoms with E-state index in [2.05, 4.69) is 22.2 Å². The van der Waals surface area contributed by atoms with E-state index in [0.717, 1.165) is 17.8 Å². The van der Waals surface area contributed by atoms with E-state index in [0.29, 0.717) is 0 Å². The van der Waals surface area contributed by atoms with Crippen LogP contribution in [0.15, 0.2) is 54.6 Å². The summed E-state index contributed by atoms with van der Waals surface area (Å²) in [6.07, 6.45) is 0.188. The van der Waals surface area contributed by atoms with Crippen LogP contribution in [0.5, 0.6) is 0 Å². The predicted octanol–water partition coefficient (Wildman–Crippen LogP) is 3.28. The van der Waals surface area contributed by atoms with Gasteiger partial charge in [-0.05, 0) is 23.3 Å². The van der Waals surface area contributed by atoms with E-state index in [-0.39, 0.29) is 30.8 Å². The molecule has 3 N–H and O–H groups in total. The molecule has 118 valence electrons. The minimum atomic E-state index is -0.333. The summed E-state index contributed by atoms with van der Waals surface area (Å²) in [7, 11) is 1.37. The molecular weight excluding hydrogens is 300 g/mol. The van der Waals surface area contributed by atoms with Gasteiger partial charge in [-0.25, -0.2) is 0 Å². The standard InChI is InChI=1S/C17H20N2O2.ClH/c1-21-17(20)11-16(18)14-7-9-15(10-8-14)19-12-13-5-3-2-4-6-13;/h2-10,16,19H,11-12,18H2,1H3;1H/t16-;/m0./s1. The second kappa shape index (κ2) is 9.07. The second-order valence-corrected chi connectivity index (χ2v) is 4.85. The Kier molecular flexibility index (Phi) is 7.43. The first-order valence-electron chi connectivity index (χ1n) is 6.89. The van der Waals surface area contributed by atoms with Crippen LogP contribution in [0.3, 0.4) is 0 Å². The molecule has 0 fully saturated rings. The Morgan fingerprint density at radius 3 is 2.36 bits per heavy atom. The molecule has 0 amide bonds. The summed E-state index contributed by atoms with van der Waals surface area (Å²) in [5.41, 5.74) is 9.13. The van der Waals surface area contributed by atoms with Crippen LogP contribution in [0.1, 0.15) is 23.6 Å². The summed E-state index contributed by atoms with van der Waals surface area (Å²) in [5.74, 6) is -0.297. The SMILES string of the molecule is COC(=O)C[C@H](N)c1ccc(NCc2ccccc2)cc1.Cl. The maximum atomic E-state index is 11.2. The zero-order valence-corrected chi connectivity index (χ0v) is 13.3. The number of nitrogens with one attached hydrogen (secondary N) is 1. The van der Waals surface area contributed by atoms with E-state index in [1.807, 2.05) is 42.5 Å². The van der Waals surface area contributed by atoms with E-state index in [1.165, 1.54) is 12.7 Å². The summed E-state index contributed by atoms with van der Waals surface area (Å²) < 4.78 is 4.62. The van der Waals surface area contributed by atoms with Crippen molar-refractivity contribution in [3.05, 3.63) is 65.7 Å². The minimum Gasteiger partial charge on any atom is -0.469 e. The summed E-state index contributed by atoms with van der Waals surface area (Å²) in [4.78, 5) is 11.2. The Bertz CT molecular complexity index is 573. The van der Waals surface area contributed by atoms with Gasteiger partial charge in [0.05, 0.1) is 13.5 Å². The zero-order chi connectivity index (χ0) is 15.1. The number of esters is 1. The lowest BCUT2D eigenvalue weighted by atomic mass is 10.0. The number of ether oxygens (including phenoxy) is 1. The van der Waals surface area contributed by atoms with Gasteiger partial charge in [-0.1, -0.05) is 42.5 Å². The maximum Gasteiger partial charge on any atom is 0.307 e. The van der Waals surface area contributed by atoms with Gasteiger partial charge in [-0.2, -0.15) is 0 Å². The highest BCUT2D eigenvalue weighted by Crippen LogP contribution is 2.18. The molecule has 22 heavy (non-hydrogen) atoms. The Morgan fingerprint density at radius 2 is 1.77 bits per heavy atom. The fourth-order valence-electron chi connectivity index (χ4n) is 2.03. The van der Waals surface area contributed by atoms with Crippen LogP contribution in [-0.2, 0) is 16.1 Å². The Hall–Kier alpha value is -2.04. The third-order valence-corrected chi connectivity index (χ3v) is 3.29. The van der Waals surface area contributed by atoms with Gasteiger partial charge in [0.15, 0.2) is 0 Å². The highest BCUT2D eigenvalue weighted by atomic mass is 35.5. The molecule has 0 bridgehead atoms. The third-order valence-electron chi connectivity index (χ3n) is 3.29. The van der Waals surface area contributed by atoms with Crippen molar-refractivity contribution in [2.75, 3.05) is 12.4 Å². The van der Waals surface area contributed by atoms with Crippen LogP contribution in [0, 0.1) is 0 Å². The number of hydrogen-bond donors (Lipinski definition) is 2. The highest BCUT2D eigenvalue weighted by Gasteiger charge is 2.11. The number of halogens is 1. The van der Waals surface area contributed by atoms with Gasteiger partial charge >= 0.3 is 5.97 Å². The predicted molar refractivity (Wildman–Crippen MR) is 91.0 cm³/mol. The van der Waals surface area contributed by atoms with Crippen LogP contribution in [0.4, 0.5) is 5.69 Å².